The molecule has 1 aliphatic heterocycles. The van der Waals surface area contributed by atoms with Crippen LogP contribution in [0.3, 0.4) is 0 Å². The van der Waals surface area contributed by atoms with Gasteiger partial charge in [0, 0.05) is 40.0 Å². The fourth-order valence-corrected chi connectivity index (χ4v) is 34.0. The topological polar surface area (TPSA) is 192 Å². The molecule has 0 amide bonds. The van der Waals surface area contributed by atoms with Crippen LogP contribution in [-0.4, -0.2) is 92.0 Å². The van der Waals surface area contributed by atoms with Crippen molar-refractivity contribution < 1.29 is 63.0 Å². The number of carbonyl (C=O) groups excluding carboxylic acids is 5. The molecule has 32 unspecified atom stereocenters. The van der Waals surface area contributed by atoms with Crippen LogP contribution in [-0.2, 0) is 47.7 Å². The van der Waals surface area contributed by atoms with Crippen molar-refractivity contribution in [2.75, 3.05) is 0 Å². The minimum Gasteiger partial charge on any atom is -0.463 e. The van der Waals surface area contributed by atoms with Crippen LogP contribution in [0.5, 0.6) is 0 Å². The molecule has 22 bridgehead atoms. The summed E-state index contributed by atoms with van der Waals surface area (Å²) in [7, 11) is 0. The Hall–Kier alpha value is -2.77. The number of ether oxygens (including phenoxy) is 5. The first-order chi connectivity index (χ1) is 46.6. The zero-order valence-electron chi connectivity index (χ0n) is 63.2. The molecule has 0 spiro atoms. The van der Waals surface area contributed by atoms with E-state index in [1.165, 1.54) is 116 Å². The van der Waals surface area contributed by atoms with Gasteiger partial charge in [-0.3, -0.25) is 24.0 Å². The Morgan fingerprint density at radius 2 is 0.879 bits per heavy atom. The second-order valence-electron chi connectivity index (χ2n) is 42.3. The van der Waals surface area contributed by atoms with Crippen molar-refractivity contribution >= 4 is 29.8 Å². The average Bonchev–Trinajstić information content (AvgIpc) is 1.12. The van der Waals surface area contributed by atoms with Crippen molar-refractivity contribution in [3.8, 4) is 0 Å². The highest BCUT2D eigenvalue weighted by molar-refractivity contribution is 5.77. The molecule has 1 heterocycles. The third kappa shape index (κ3) is 13.0. The van der Waals surface area contributed by atoms with Gasteiger partial charge < -0.3 is 39.0 Å². The van der Waals surface area contributed by atoms with Gasteiger partial charge in [-0.2, -0.15) is 0 Å². The first-order valence-corrected chi connectivity index (χ1v) is 41.7. The van der Waals surface area contributed by atoms with Crippen LogP contribution in [0.2, 0.25) is 0 Å². The van der Waals surface area contributed by atoms with Gasteiger partial charge in [-0.15, -0.1) is 0 Å². The maximum Gasteiger partial charge on any atom is 0.309 e. The van der Waals surface area contributed by atoms with E-state index in [0.29, 0.717) is 46.8 Å². The first kappa shape index (κ1) is 70.5. The molecule has 0 radical (unpaired) electrons. The number of aliphatic hydroxyl groups is 3. The molecule has 25 rings (SSSR count). The zero-order valence-corrected chi connectivity index (χ0v) is 63.2. The highest BCUT2D eigenvalue weighted by atomic mass is 16.6. The van der Waals surface area contributed by atoms with Gasteiger partial charge in [0.05, 0.1) is 22.7 Å². The van der Waals surface area contributed by atoms with E-state index >= 15 is 0 Å². The van der Waals surface area contributed by atoms with E-state index in [-0.39, 0.29) is 76.8 Å². The van der Waals surface area contributed by atoms with Gasteiger partial charge in [0.2, 0.25) is 0 Å². The highest BCUT2D eigenvalue weighted by Crippen LogP contribution is 2.71. The third-order valence-corrected chi connectivity index (χ3v) is 34.3. The summed E-state index contributed by atoms with van der Waals surface area (Å²) in [6.45, 7) is 24.9. The van der Waals surface area contributed by atoms with Crippen LogP contribution >= 0.6 is 0 Å². The lowest BCUT2D eigenvalue weighted by Crippen LogP contribution is -2.62. The molecule has 1 saturated heterocycles. The summed E-state index contributed by atoms with van der Waals surface area (Å²) < 4.78 is 27.4. The number of rotatable bonds is 4. The van der Waals surface area contributed by atoms with Gasteiger partial charge in [-0.05, 0) is 350 Å². The standard InChI is InChI=1S/C15H22O2.3C13H20O2.C11H18O2.C11H18O.C10H14O2/c1-7-3-9-4-11(7)14-10-5-12(15(9)14)13(6-10)17-8(2)16;1-9(14)15-13-6-10-3-11(7-13)5-12(2,4-10)8-13;1-7-3-9-4-11(7)13-6-10(5-12(9)13)15-8(2)14;1-7-3-4-10-11-5-9(13(7)10)6-12(11)15-8(2)14;1-9-2-8-3-10(12,5-9)7-11(13,4-8)6-9;1-10-3-8-2-9(4-10)6-11(12,5-8)7-10;1-4-6-3-7-8(4)10(11)12-9(7)5(6)2/h7,9-15H,3-6H2,1-2H3;10-11H,3-8H2,1-2H3;2*7,9-13H,3-6H2,1-2H3;8,12-13H,2-7H2,1H3;8-9,12H,2-7H2,1H3;4-9H,3H2,1-2H3. The van der Waals surface area contributed by atoms with E-state index in [4.69, 9.17) is 23.7 Å². The van der Waals surface area contributed by atoms with Gasteiger partial charge in [0.15, 0.2) is 0 Å². The SMILES string of the molecule is CC(=O)OC12CC3CC(CC(C)(C3)C1)C2.CC(=O)OC1CC2C3CC(C)C(C3)C2C1.CC(=O)OC1CC2CC1C1C3CC(C)C(C3)C21.CC(=O)OC1CC2CC1C1CCC(C)C21.CC12CC3CC(C1)CC(O)(C3)C2.CC12CC3CC(O)(C1)CC(O)(C3)C2.CC1C2CC3C1OC(=O)C3C2C. The molecular formula is C86H132O13. The van der Waals surface area contributed by atoms with Crippen molar-refractivity contribution in [3.63, 3.8) is 0 Å². The Morgan fingerprint density at radius 3 is 1.44 bits per heavy atom. The van der Waals surface area contributed by atoms with Crippen LogP contribution in [0.4, 0.5) is 0 Å². The lowest BCUT2D eigenvalue weighted by molar-refractivity contribution is -0.225. The zero-order chi connectivity index (χ0) is 69.7. The fraction of sp³-hybridized carbons (Fsp3) is 0.942. The molecule has 13 nitrogen and oxygen atoms in total. The monoisotopic (exact) mass is 1370 g/mol. The Labute approximate surface area is 594 Å². The summed E-state index contributed by atoms with van der Waals surface area (Å²) in [6.07, 6.45) is 38.8. The third-order valence-electron chi connectivity index (χ3n) is 34.3. The van der Waals surface area contributed by atoms with Crippen LogP contribution in [0.25, 0.3) is 0 Å². The number of carbonyl (C=O) groups is 5. The molecule has 0 aromatic carbocycles. The van der Waals surface area contributed by atoms with Crippen LogP contribution in [0, 0.1) is 176 Å². The Morgan fingerprint density at radius 1 is 0.384 bits per heavy atom. The molecule has 24 saturated carbocycles. The Bertz CT molecular complexity index is 3000. The number of hydrogen-bond acceptors (Lipinski definition) is 13. The van der Waals surface area contributed by atoms with Crippen LogP contribution < -0.4 is 0 Å². The second-order valence-corrected chi connectivity index (χ2v) is 42.3. The largest absolute Gasteiger partial charge is 0.463 e. The van der Waals surface area contributed by atoms with Crippen molar-refractivity contribution in [1.29, 1.82) is 0 Å². The molecule has 3 N–H and O–H groups in total. The van der Waals surface area contributed by atoms with E-state index in [0.717, 1.165) is 208 Å². The summed E-state index contributed by atoms with van der Waals surface area (Å²) in [5.74, 6) is 21.9. The van der Waals surface area contributed by atoms with Crippen molar-refractivity contribution in [2.45, 2.75) is 329 Å². The number of esters is 5. The van der Waals surface area contributed by atoms with E-state index in [1.807, 2.05) is 0 Å². The first-order valence-electron chi connectivity index (χ1n) is 41.7. The minimum atomic E-state index is -0.525. The lowest BCUT2D eigenvalue weighted by atomic mass is 9.47. The molecule has 24 aliphatic carbocycles. The van der Waals surface area contributed by atoms with Gasteiger partial charge in [0.25, 0.3) is 0 Å². The van der Waals surface area contributed by atoms with Gasteiger partial charge in [-0.25, -0.2) is 0 Å². The summed E-state index contributed by atoms with van der Waals surface area (Å²) in [4.78, 5) is 55.7. The number of hydrogen-bond donors (Lipinski definition) is 3. The molecule has 32 atom stereocenters. The second kappa shape index (κ2) is 25.2. The van der Waals surface area contributed by atoms with Gasteiger partial charge in [-0.1, -0.05) is 61.8 Å². The Balaban J connectivity index is 0.0000000903. The molecule has 25 fully saturated rings. The summed E-state index contributed by atoms with van der Waals surface area (Å²) in [5, 5.41) is 30.8. The fourth-order valence-electron chi connectivity index (χ4n) is 34.0. The molecule has 99 heavy (non-hydrogen) atoms. The smallest absolute Gasteiger partial charge is 0.309 e. The molecule has 554 valence electrons. The maximum atomic E-state index is 11.4. The van der Waals surface area contributed by atoms with Crippen molar-refractivity contribution in [3.05, 3.63) is 0 Å². The van der Waals surface area contributed by atoms with E-state index in [9.17, 15) is 39.3 Å². The normalized spacial score (nSPS) is 57.0. The molecule has 0 aromatic heterocycles. The predicted octanol–water partition coefficient (Wildman–Crippen LogP) is 16.3. The number of fused-ring (bicyclic) bond motifs is 20. The average molecular weight is 1370 g/mol. The van der Waals surface area contributed by atoms with E-state index in [2.05, 4.69) is 55.4 Å². The summed E-state index contributed by atoms with van der Waals surface area (Å²) in [6, 6.07) is 0. The molecule has 25 aliphatic rings. The molecule has 0 aromatic rings. The van der Waals surface area contributed by atoms with Gasteiger partial charge >= 0.3 is 29.8 Å². The molecule has 13 heteroatoms. The van der Waals surface area contributed by atoms with Gasteiger partial charge in [0.1, 0.15) is 30.0 Å². The Kier molecular flexibility index (Phi) is 17.9. The quantitative estimate of drug-likeness (QED) is 0.137. The van der Waals surface area contributed by atoms with E-state index < -0.39 is 11.2 Å². The van der Waals surface area contributed by atoms with E-state index in [1.54, 1.807) is 20.8 Å². The summed E-state index contributed by atoms with van der Waals surface area (Å²) >= 11 is 0. The maximum absolute atomic E-state index is 11.4. The summed E-state index contributed by atoms with van der Waals surface area (Å²) in [5.41, 5.74) is -0.142. The molecular weight excluding hydrogens is 1240 g/mol. The van der Waals surface area contributed by atoms with Crippen molar-refractivity contribution in [2.24, 2.45) is 176 Å². The minimum absolute atomic E-state index is 0.0648. The van der Waals surface area contributed by atoms with Crippen LogP contribution in [0.15, 0.2) is 0 Å². The van der Waals surface area contributed by atoms with Crippen molar-refractivity contribution in [1.82, 2.24) is 0 Å². The predicted molar refractivity (Wildman–Crippen MR) is 376 cm³/mol. The van der Waals surface area contributed by atoms with Crippen LogP contribution in [0.1, 0.15) is 282 Å². The highest BCUT2D eigenvalue weighted by Gasteiger charge is 2.67. The lowest BCUT2D eigenvalue weighted by Gasteiger charge is -2.62.